The first-order valence-corrected chi connectivity index (χ1v) is 7.70. The average molecular weight is 297 g/mol. The summed E-state index contributed by atoms with van der Waals surface area (Å²) in [6, 6.07) is 0.400. The number of piperidine rings is 3. The molecule has 3 aliphatic heterocycles. The predicted molar refractivity (Wildman–Crippen MR) is 80.5 cm³/mol. The van der Waals surface area contributed by atoms with Gasteiger partial charge in [-0.05, 0) is 45.7 Å². The van der Waals surface area contributed by atoms with Crippen LogP contribution in [0.3, 0.4) is 0 Å². The summed E-state index contributed by atoms with van der Waals surface area (Å²) < 4.78 is 1.42. The lowest BCUT2D eigenvalue weighted by atomic mass is 9.84. The van der Waals surface area contributed by atoms with E-state index < -0.39 is 0 Å². The fraction of sp³-hybridized carbons (Fsp3) is 0.714. The third-order valence-electron chi connectivity index (χ3n) is 4.43. The minimum atomic E-state index is -0.215. The predicted octanol–water partition coefficient (Wildman–Crippen LogP) is 1.98. The highest BCUT2D eigenvalue weighted by molar-refractivity contribution is 6.32. The van der Waals surface area contributed by atoms with Crippen molar-refractivity contribution in [2.24, 2.45) is 5.92 Å². The van der Waals surface area contributed by atoms with Gasteiger partial charge in [0.25, 0.3) is 5.56 Å². The van der Waals surface area contributed by atoms with Gasteiger partial charge in [-0.3, -0.25) is 4.79 Å². The van der Waals surface area contributed by atoms with Gasteiger partial charge in [-0.1, -0.05) is 11.6 Å². The topological polar surface area (TPSA) is 50.2 Å². The molecule has 1 N–H and O–H groups in total. The smallest absolute Gasteiger partial charge is 0.287 e. The third-order valence-corrected chi connectivity index (χ3v) is 4.80. The third kappa shape index (κ3) is 2.44. The number of hydrogen-bond acceptors (Lipinski definition) is 4. The van der Waals surface area contributed by atoms with Crippen molar-refractivity contribution in [2.75, 3.05) is 25.0 Å². The van der Waals surface area contributed by atoms with Gasteiger partial charge in [0.15, 0.2) is 0 Å². The van der Waals surface area contributed by atoms with Crippen molar-refractivity contribution in [3.63, 3.8) is 0 Å². The first kappa shape index (κ1) is 13.9. The minimum Gasteiger partial charge on any atom is -0.378 e. The van der Waals surface area contributed by atoms with E-state index >= 15 is 0 Å². The second-order valence-corrected chi connectivity index (χ2v) is 6.48. The normalized spacial score (nSPS) is 28.9. The Morgan fingerprint density at radius 3 is 2.65 bits per heavy atom. The van der Waals surface area contributed by atoms with Crippen LogP contribution in [0.2, 0.25) is 5.02 Å². The standard InChI is InChI=1S/C14H21ClN4O/c1-9(2)19-14(20)13(15)11(7-16-19)17-12-8-18-5-3-10(12)4-6-18/h7,9-10,12,17H,3-6,8H2,1-2H3. The van der Waals surface area contributed by atoms with E-state index in [-0.39, 0.29) is 16.6 Å². The number of fused-ring (bicyclic) bond motifs is 3. The molecule has 1 aromatic heterocycles. The van der Waals surface area contributed by atoms with Gasteiger partial charge in [-0.25, -0.2) is 4.68 Å². The number of hydrogen-bond donors (Lipinski definition) is 1. The van der Waals surface area contributed by atoms with Gasteiger partial charge >= 0.3 is 0 Å². The Hall–Kier alpha value is -1.07. The van der Waals surface area contributed by atoms with E-state index in [4.69, 9.17) is 11.6 Å². The lowest BCUT2D eigenvalue weighted by Gasteiger charge is -2.45. The molecule has 0 radical (unpaired) electrons. The fourth-order valence-electron chi connectivity index (χ4n) is 3.24. The number of halogens is 1. The summed E-state index contributed by atoms with van der Waals surface area (Å²) in [5.41, 5.74) is 0.459. The molecular formula is C14H21ClN4O. The highest BCUT2D eigenvalue weighted by atomic mass is 35.5. The van der Waals surface area contributed by atoms with E-state index in [0.717, 1.165) is 6.54 Å². The maximum atomic E-state index is 12.2. The summed E-state index contributed by atoms with van der Waals surface area (Å²) in [4.78, 5) is 14.6. The van der Waals surface area contributed by atoms with Crippen LogP contribution in [-0.2, 0) is 0 Å². The summed E-state index contributed by atoms with van der Waals surface area (Å²) in [6.45, 7) is 7.28. The van der Waals surface area contributed by atoms with Crippen molar-refractivity contribution in [1.82, 2.24) is 14.7 Å². The largest absolute Gasteiger partial charge is 0.378 e. The SMILES string of the molecule is CC(C)n1ncc(NC2CN3CCC2CC3)c(Cl)c1=O. The van der Waals surface area contributed by atoms with E-state index in [9.17, 15) is 4.79 Å². The number of nitrogens with one attached hydrogen (secondary N) is 1. The molecule has 3 aliphatic rings. The Morgan fingerprint density at radius 2 is 2.10 bits per heavy atom. The molecule has 1 unspecified atom stereocenters. The number of nitrogens with zero attached hydrogens (tertiary/aromatic N) is 3. The minimum absolute atomic E-state index is 0.0193. The van der Waals surface area contributed by atoms with Crippen LogP contribution in [0.5, 0.6) is 0 Å². The maximum absolute atomic E-state index is 12.2. The summed E-state index contributed by atoms with van der Waals surface area (Å²) in [5.74, 6) is 0.684. The van der Waals surface area contributed by atoms with Crippen LogP contribution in [0.15, 0.2) is 11.0 Å². The van der Waals surface area contributed by atoms with Crippen molar-refractivity contribution in [2.45, 2.75) is 38.8 Å². The molecule has 0 aliphatic carbocycles. The van der Waals surface area contributed by atoms with E-state index in [1.54, 1.807) is 6.20 Å². The molecule has 3 fully saturated rings. The van der Waals surface area contributed by atoms with E-state index in [1.807, 2.05) is 13.8 Å². The van der Waals surface area contributed by atoms with Gasteiger partial charge < -0.3 is 10.2 Å². The first-order valence-electron chi connectivity index (χ1n) is 7.32. The van der Waals surface area contributed by atoms with Crippen molar-refractivity contribution in [3.05, 3.63) is 21.6 Å². The summed E-state index contributed by atoms with van der Waals surface area (Å²) in [6.07, 6.45) is 4.14. The van der Waals surface area contributed by atoms with Gasteiger partial charge in [0, 0.05) is 12.6 Å². The zero-order valence-corrected chi connectivity index (χ0v) is 12.7. The lowest BCUT2D eigenvalue weighted by molar-refractivity contribution is 0.0975. The molecule has 4 rings (SSSR count). The maximum Gasteiger partial charge on any atom is 0.287 e. The zero-order chi connectivity index (χ0) is 14.3. The first-order chi connectivity index (χ1) is 9.56. The Balaban J connectivity index is 1.81. The molecule has 4 heterocycles. The van der Waals surface area contributed by atoms with Crippen LogP contribution >= 0.6 is 11.6 Å². The molecule has 6 heteroatoms. The molecule has 2 bridgehead atoms. The summed E-state index contributed by atoms with van der Waals surface area (Å²) >= 11 is 6.21. The van der Waals surface area contributed by atoms with Crippen molar-refractivity contribution in [1.29, 1.82) is 0 Å². The van der Waals surface area contributed by atoms with E-state index in [1.165, 1.54) is 30.6 Å². The molecule has 20 heavy (non-hydrogen) atoms. The molecule has 0 spiro atoms. The Bertz CT molecular complexity index is 549. The average Bonchev–Trinajstić information content (AvgIpc) is 2.45. The Morgan fingerprint density at radius 1 is 1.40 bits per heavy atom. The molecule has 0 amide bonds. The quantitative estimate of drug-likeness (QED) is 0.927. The van der Waals surface area contributed by atoms with Crippen LogP contribution < -0.4 is 10.9 Å². The van der Waals surface area contributed by atoms with Crippen LogP contribution in [0.1, 0.15) is 32.7 Å². The molecule has 5 nitrogen and oxygen atoms in total. The fourth-order valence-corrected chi connectivity index (χ4v) is 3.43. The van der Waals surface area contributed by atoms with Crippen molar-refractivity contribution < 1.29 is 0 Å². The molecule has 110 valence electrons. The van der Waals surface area contributed by atoms with E-state index in [2.05, 4.69) is 15.3 Å². The van der Waals surface area contributed by atoms with Crippen LogP contribution in [0.4, 0.5) is 5.69 Å². The zero-order valence-electron chi connectivity index (χ0n) is 12.0. The van der Waals surface area contributed by atoms with Crippen LogP contribution in [-0.4, -0.2) is 40.4 Å². The Kier molecular flexibility index (Phi) is 3.73. The Labute approximate surface area is 123 Å². The van der Waals surface area contributed by atoms with Gasteiger partial charge in [0.05, 0.1) is 17.9 Å². The van der Waals surface area contributed by atoms with Gasteiger partial charge in [0.2, 0.25) is 0 Å². The highest BCUT2D eigenvalue weighted by Crippen LogP contribution is 2.30. The van der Waals surface area contributed by atoms with Crippen molar-refractivity contribution >= 4 is 17.3 Å². The molecule has 1 atom stereocenters. The van der Waals surface area contributed by atoms with Crippen molar-refractivity contribution in [3.8, 4) is 0 Å². The van der Waals surface area contributed by atoms with Crippen LogP contribution in [0.25, 0.3) is 0 Å². The monoisotopic (exact) mass is 296 g/mol. The van der Waals surface area contributed by atoms with Gasteiger partial charge in [-0.2, -0.15) is 5.10 Å². The summed E-state index contributed by atoms with van der Waals surface area (Å²) in [7, 11) is 0. The molecule has 0 saturated carbocycles. The highest BCUT2D eigenvalue weighted by Gasteiger charge is 2.34. The molecule has 3 saturated heterocycles. The number of rotatable bonds is 3. The molecular weight excluding hydrogens is 276 g/mol. The van der Waals surface area contributed by atoms with Gasteiger partial charge in [0.1, 0.15) is 5.02 Å². The second kappa shape index (κ2) is 5.37. The second-order valence-electron chi connectivity index (χ2n) is 6.10. The van der Waals surface area contributed by atoms with E-state index in [0.29, 0.717) is 17.6 Å². The molecule has 0 aromatic carbocycles. The van der Waals surface area contributed by atoms with Gasteiger partial charge in [-0.15, -0.1) is 0 Å². The number of aromatic nitrogens is 2. The summed E-state index contributed by atoms with van der Waals surface area (Å²) in [5, 5.41) is 7.90. The molecule has 1 aromatic rings. The van der Waals surface area contributed by atoms with Crippen LogP contribution in [0, 0.1) is 5.92 Å². The number of anilines is 1. The lowest BCUT2D eigenvalue weighted by Crippen LogP contribution is -2.53.